The summed E-state index contributed by atoms with van der Waals surface area (Å²) in [4.78, 5) is 52.5. The maximum absolute atomic E-state index is 13.7. The monoisotopic (exact) mass is 471 g/mol. The fraction of sp³-hybridized carbons (Fsp3) is 0.391. The molecule has 1 aromatic carbocycles. The van der Waals surface area contributed by atoms with Gasteiger partial charge in [-0.3, -0.25) is 24.1 Å². The van der Waals surface area contributed by atoms with Crippen LogP contribution in [0.25, 0.3) is 5.76 Å². The summed E-state index contributed by atoms with van der Waals surface area (Å²) in [5.74, 6) is -7.81. The first-order chi connectivity index (χ1) is 15.9. The summed E-state index contributed by atoms with van der Waals surface area (Å²) in [6.45, 7) is -0.313. The maximum atomic E-state index is 13.7. The number of phenolic OH excluding ortho intramolecular Hbond substituents is 1. The van der Waals surface area contributed by atoms with E-state index in [1.54, 1.807) is 0 Å². The van der Waals surface area contributed by atoms with Crippen LogP contribution in [0.15, 0.2) is 29.0 Å². The number of hydrogen-bond acceptors (Lipinski definition) is 10. The third-order valence-electron chi connectivity index (χ3n) is 7.09. The zero-order valence-corrected chi connectivity index (χ0v) is 18.5. The van der Waals surface area contributed by atoms with Gasteiger partial charge in [0.05, 0.1) is 18.2 Å². The van der Waals surface area contributed by atoms with Crippen molar-refractivity contribution in [2.24, 2.45) is 23.3 Å². The molecular weight excluding hydrogens is 446 g/mol. The van der Waals surface area contributed by atoms with Gasteiger partial charge >= 0.3 is 0 Å². The minimum atomic E-state index is -2.70. The SMILES string of the molecule is CN(C)C1C(=O)C(C(N)=O)=C(O)[C@@]2(O)C(=O)C3=C(O)c4c(O)ccc(C(=O)CN)c4CC3CC12. The van der Waals surface area contributed by atoms with E-state index in [1.165, 1.54) is 31.1 Å². The second-order valence-electron chi connectivity index (χ2n) is 9.07. The van der Waals surface area contributed by atoms with Gasteiger partial charge in [0.15, 0.2) is 17.2 Å². The minimum absolute atomic E-state index is 0.0318. The number of likely N-dealkylation sites (N-methyl/N-ethyl adjacent to an activating group) is 1. The summed E-state index contributed by atoms with van der Waals surface area (Å²) in [7, 11) is 3.03. The number of Topliss-reactive ketones (excluding diaryl/α,β-unsaturated/α-hetero) is 3. The third-order valence-corrected chi connectivity index (χ3v) is 7.09. The molecule has 180 valence electrons. The Kier molecular flexibility index (Phi) is 5.39. The molecule has 11 heteroatoms. The molecule has 4 rings (SSSR count). The van der Waals surface area contributed by atoms with E-state index in [0.717, 1.165) is 0 Å². The number of aliphatic hydroxyl groups excluding tert-OH is 2. The van der Waals surface area contributed by atoms with E-state index in [1.807, 2.05) is 0 Å². The van der Waals surface area contributed by atoms with Crippen LogP contribution in [0, 0.1) is 11.8 Å². The van der Waals surface area contributed by atoms with E-state index >= 15 is 0 Å². The molecule has 1 amide bonds. The molecule has 3 aliphatic rings. The number of benzene rings is 1. The molecule has 0 saturated heterocycles. The van der Waals surface area contributed by atoms with E-state index in [-0.39, 0.29) is 36.1 Å². The standard InChI is InChI=1S/C23H25N3O8/c1-26(2)17-11-6-8-5-10-9(13(28)7-24)3-4-12(27)15(10)18(29)14(8)20(31)23(11,34)21(32)16(19(17)30)22(25)33/h3-4,8,11,17,27,29,32,34H,5-7,24H2,1-2H3,(H2,25,33)/t8?,11?,17?,23-/m0/s1. The lowest BCUT2D eigenvalue weighted by Gasteiger charge is -2.50. The van der Waals surface area contributed by atoms with Crippen molar-refractivity contribution in [3.05, 3.63) is 45.7 Å². The van der Waals surface area contributed by atoms with Gasteiger partial charge in [-0.25, -0.2) is 0 Å². The summed E-state index contributed by atoms with van der Waals surface area (Å²) < 4.78 is 0. The number of ketones is 3. The highest BCUT2D eigenvalue weighted by Gasteiger charge is 2.64. The number of primary amides is 1. The summed E-state index contributed by atoms with van der Waals surface area (Å²) in [6.07, 6.45) is -0.0261. The summed E-state index contributed by atoms with van der Waals surface area (Å²) in [5, 5.41) is 43.8. The van der Waals surface area contributed by atoms with Crippen LogP contribution in [0.3, 0.4) is 0 Å². The predicted molar refractivity (Wildman–Crippen MR) is 118 cm³/mol. The summed E-state index contributed by atoms with van der Waals surface area (Å²) in [5.41, 5.74) is 7.25. The van der Waals surface area contributed by atoms with Crippen molar-refractivity contribution >= 4 is 29.0 Å². The van der Waals surface area contributed by atoms with E-state index in [9.17, 15) is 39.6 Å². The molecule has 0 heterocycles. The molecule has 1 saturated carbocycles. The number of phenols is 1. The number of hydrogen-bond donors (Lipinski definition) is 6. The topological polar surface area (TPSA) is 204 Å². The number of aliphatic hydroxyl groups is 3. The molecule has 8 N–H and O–H groups in total. The van der Waals surface area contributed by atoms with Crippen molar-refractivity contribution in [3.63, 3.8) is 0 Å². The highest BCUT2D eigenvalue weighted by molar-refractivity contribution is 6.24. The normalized spacial score (nSPS) is 28.6. The van der Waals surface area contributed by atoms with Crippen LogP contribution in [0.2, 0.25) is 0 Å². The Morgan fingerprint density at radius 2 is 1.82 bits per heavy atom. The average molecular weight is 471 g/mol. The Morgan fingerprint density at radius 1 is 1.18 bits per heavy atom. The Labute approximate surface area is 194 Å². The molecule has 1 aromatic rings. The molecule has 3 aliphatic carbocycles. The van der Waals surface area contributed by atoms with Crippen molar-refractivity contribution in [1.29, 1.82) is 0 Å². The van der Waals surface area contributed by atoms with Crippen molar-refractivity contribution in [3.8, 4) is 5.75 Å². The Hall–Kier alpha value is -3.54. The molecule has 0 radical (unpaired) electrons. The summed E-state index contributed by atoms with van der Waals surface area (Å²) >= 11 is 0. The molecular formula is C23H25N3O8. The highest BCUT2D eigenvalue weighted by atomic mass is 16.3. The van der Waals surface area contributed by atoms with Crippen molar-refractivity contribution < 1.29 is 39.6 Å². The number of rotatable bonds is 4. The van der Waals surface area contributed by atoms with Crippen LogP contribution in [0.1, 0.15) is 27.9 Å². The van der Waals surface area contributed by atoms with Crippen LogP contribution in [0.5, 0.6) is 5.75 Å². The highest BCUT2D eigenvalue weighted by Crippen LogP contribution is 2.52. The second-order valence-corrected chi connectivity index (χ2v) is 9.07. The predicted octanol–water partition coefficient (Wildman–Crippen LogP) is -0.895. The fourth-order valence-corrected chi connectivity index (χ4v) is 5.62. The van der Waals surface area contributed by atoms with Gasteiger partial charge in [0, 0.05) is 17.1 Å². The van der Waals surface area contributed by atoms with Crippen LogP contribution in [0.4, 0.5) is 0 Å². The number of aromatic hydroxyl groups is 1. The van der Waals surface area contributed by atoms with Gasteiger partial charge < -0.3 is 31.9 Å². The van der Waals surface area contributed by atoms with Gasteiger partial charge in [-0.05, 0) is 50.6 Å². The van der Waals surface area contributed by atoms with Gasteiger partial charge in [-0.1, -0.05) is 0 Å². The molecule has 0 aliphatic heterocycles. The molecule has 0 aromatic heterocycles. The van der Waals surface area contributed by atoms with Crippen LogP contribution in [-0.2, 0) is 20.8 Å². The van der Waals surface area contributed by atoms with Crippen molar-refractivity contribution in [1.82, 2.24) is 4.90 Å². The van der Waals surface area contributed by atoms with Crippen molar-refractivity contribution in [2.75, 3.05) is 20.6 Å². The summed E-state index contributed by atoms with van der Waals surface area (Å²) in [6, 6.07) is 1.39. The number of fused-ring (bicyclic) bond motifs is 3. The molecule has 0 spiro atoms. The van der Waals surface area contributed by atoms with E-state index in [4.69, 9.17) is 11.5 Å². The number of nitrogens with two attached hydrogens (primary N) is 2. The minimum Gasteiger partial charge on any atom is -0.508 e. The lowest BCUT2D eigenvalue weighted by molar-refractivity contribution is -0.153. The Balaban J connectivity index is 1.99. The largest absolute Gasteiger partial charge is 0.508 e. The fourth-order valence-electron chi connectivity index (χ4n) is 5.62. The maximum Gasteiger partial charge on any atom is 0.255 e. The number of carbonyl (C=O) groups is 4. The van der Waals surface area contributed by atoms with Gasteiger partial charge in [-0.15, -0.1) is 0 Å². The molecule has 0 bridgehead atoms. The average Bonchev–Trinajstić information content (AvgIpc) is 2.75. The molecule has 1 fully saturated rings. The number of carbonyl (C=O) groups excluding carboxylic acids is 4. The first kappa shape index (κ1) is 23.6. The zero-order chi connectivity index (χ0) is 25.3. The smallest absolute Gasteiger partial charge is 0.255 e. The van der Waals surface area contributed by atoms with E-state index in [2.05, 4.69) is 0 Å². The van der Waals surface area contributed by atoms with E-state index in [0.29, 0.717) is 5.56 Å². The number of amides is 1. The van der Waals surface area contributed by atoms with Gasteiger partial charge in [-0.2, -0.15) is 0 Å². The molecule has 11 nitrogen and oxygen atoms in total. The molecule has 34 heavy (non-hydrogen) atoms. The molecule has 4 atom stereocenters. The first-order valence-corrected chi connectivity index (χ1v) is 10.6. The first-order valence-electron chi connectivity index (χ1n) is 10.6. The van der Waals surface area contributed by atoms with Crippen molar-refractivity contribution in [2.45, 2.75) is 24.5 Å². The Morgan fingerprint density at radius 3 is 2.38 bits per heavy atom. The van der Waals surface area contributed by atoms with Gasteiger partial charge in [0.2, 0.25) is 5.78 Å². The Bertz CT molecular complexity index is 1230. The van der Waals surface area contributed by atoms with Crippen LogP contribution < -0.4 is 11.5 Å². The third kappa shape index (κ3) is 2.94. The van der Waals surface area contributed by atoms with Gasteiger partial charge in [0.1, 0.15) is 22.8 Å². The van der Waals surface area contributed by atoms with Crippen LogP contribution in [-0.4, -0.2) is 80.9 Å². The lowest BCUT2D eigenvalue weighted by Crippen LogP contribution is -2.65. The molecule has 3 unspecified atom stereocenters. The van der Waals surface area contributed by atoms with Gasteiger partial charge in [0.25, 0.3) is 5.91 Å². The number of nitrogens with zero attached hydrogens (tertiary/aromatic N) is 1. The lowest BCUT2D eigenvalue weighted by atomic mass is 9.57. The van der Waals surface area contributed by atoms with E-state index < -0.39 is 69.6 Å². The quantitative estimate of drug-likeness (QED) is 0.236. The second kappa shape index (κ2) is 7.76. The zero-order valence-electron chi connectivity index (χ0n) is 18.5. The van der Waals surface area contributed by atoms with Crippen LogP contribution >= 0.6 is 0 Å².